The van der Waals surface area contributed by atoms with Gasteiger partial charge in [-0.15, -0.1) is 11.3 Å². The van der Waals surface area contributed by atoms with Gasteiger partial charge in [-0.3, -0.25) is 4.79 Å². The molecule has 0 fully saturated rings. The number of aromatic nitrogens is 1. The molecule has 1 aromatic heterocycles. The number of carbonyl (C=O) groups is 1. The smallest absolute Gasteiger partial charge is 0.255 e. The molecule has 0 aliphatic heterocycles. The molecule has 0 saturated heterocycles. The van der Waals surface area contributed by atoms with Crippen LogP contribution in [-0.2, 0) is 0 Å². The number of thiazole rings is 1. The third-order valence-corrected chi connectivity index (χ3v) is 5.64. The molecule has 1 amide bonds. The van der Waals surface area contributed by atoms with Crippen molar-refractivity contribution in [3.05, 3.63) is 72.3 Å². The molecule has 6 heteroatoms. The van der Waals surface area contributed by atoms with Gasteiger partial charge < -0.3 is 14.8 Å². The van der Waals surface area contributed by atoms with Crippen LogP contribution in [0.3, 0.4) is 0 Å². The molecular formula is C24H22N2O3S. The second-order valence-corrected chi connectivity index (χ2v) is 7.76. The monoisotopic (exact) mass is 418 g/mol. The van der Waals surface area contributed by atoms with Crippen molar-refractivity contribution < 1.29 is 14.3 Å². The first-order valence-electron chi connectivity index (χ1n) is 9.76. The van der Waals surface area contributed by atoms with E-state index in [0.29, 0.717) is 29.4 Å². The number of hydrogen-bond donors (Lipinski definition) is 1. The Morgan fingerprint density at radius 2 is 1.93 bits per heavy atom. The number of rotatable bonds is 7. The van der Waals surface area contributed by atoms with Gasteiger partial charge in [0, 0.05) is 11.1 Å². The fraction of sp³-hybridized carbons (Fsp3) is 0.167. The third kappa shape index (κ3) is 4.28. The van der Waals surface area contributed by atoms with Gasteiger partial charge in [0.05, 0.1) is 29.6 Å². The van der Waals surface area contributed by atoms with E-state index in [0.717, 1.165) is 27.2 Å². The van der Waals surface area contributed by atoms with Crippen molar-refractivity contribution in [3.8, 4) is 22.1 Å². The Bertz CT molecular complexity index is 1150. The van der Waals surface area contributed by atoms with Gasteiger partial charge in [-0.25, -0.2) is 4.98 Å². The highest BCUT2D eigenvalue weighted by atomic mass is 32.1. The summed E-state index contributed by atoms with van der Waals surface area (Å²) < 4.78 is 12.2. The molecule has 1 heterocycles. The maximum atomic E-state index is 12.9. The lowest BCUT2D eigenvalue weighted by Gasteiger charge is -2.12. The summed E-state index contributed by atoms with van der Waals surface area (Å²) in [6, 6.07) is 20.9. The summed E-state index contributed by atoms with van der Waals surface area (Å²) in [6.07, 6.45) is 0.909. The van der Waals surface area contributed by atoms with Crippen LogP contribution in [0.2, 0.25) is 0 Å². The van der Waals surface area contributed by atoms with Crippen molar-refractivity contribution in [2.75, 3.05) is 19.0 Å². The van der Waals surface area contributed by atoms with Gasteiger partial charge in [-0.2, -0.15) is 0 Å². The number of methoxy groups -OCH3 is 1. The number of nitrogens with one attached hydrogen (secondary N) is 1. The van der Waals surface area contributed by atoms with Crippen LogP contribution in [0.15, 0.2) is 66.7 Å². The minimum Gasteiger partial charge on any atom is -0.495 e. The van der Waals surface area contributed by atoms with Crippen molar-refractivity contribution in [1.82, 2.24) is 4.98 Å². The molecule has 30 heavy (non-hydrogen) atoms. The normalized spacial score (nSPS) is 10.7. The lowest BCUT2D eigenvalue weighted by molar-refractivity contribution is 0.102. The Kier molecular flexibility index (Phi) is 5.95. The van der Waals surface area contributed by atoms with Crippen molar-refractivity contribution in [3.63, 3.8) is 0 Å². The van der Waals surface area contributed by atoms with Crippen molar-refractivity contribution in [2.45, 2.75) is 13.3 Å². The number of carbonyl (C=O) groups excluding carboxylic acids is 1. The van der Waals surface area contributed by atoms with E-state index in [1.165, 1.54) is 0 Å². The molecule has 0 atom stereocenters. The van der Waals surface area contributed by atoms with E-state index in [2.05, 4.69) is 11.4 Å². The summed E-state index contributed by atoms with van der Waals surface area (Å²) in [7, 11) is 1.58. The summed E-state index contributed by atoms with van der Waals surface area (Å²) in [5, 5.41) is 3.86. The number of amides is 1. The quantitative estimate of drug-likeness (QED) is 0.399. The van der Waals surface area contributed by atoms with Gasteiger partial charge in [-0.05, 0) is 55.0 Å². The van der Waals surface area contributed by atoms with E-state index in [1.54, 1.807) is 30.6 Å². The van der Waals surface area contributed by atoms with Gasteiger partial charge in [-0.1, -0.05) is 25.1 Å². The van der Waals surface area contributed by atoms with Crippen molar-refractivity contribution in [1.29, 1.82) is 0 Å². The molecule has 0 aliphatic rings. The summed E-state index contributed by atoms with van der Waals surface area (Å²) in [4.78, 5) is 17.6. The first kappa shape index (κ1) is 19.9. The Hall–Kier alpha value is -3.38. The maximum Gasteiger partial charge on any atom is 0.255 e. The molecule has 1 N–H and O–H groups in total. The molecule has 5 nitrogen and oxygen atoms in total. The first-order valence-corrected chi connectivity index (χ1v) is 10.6. The molecule has 152 valence electrons. The highest BCUT2D eigenvalue weighted by molar-refractivity contribution is 7.21. The lowest BCUT2D eigenvalue weighted by atomic mass is 10.1. The molecular weight excluding hydrogens is 396 g/mol. The van der Waals surface area contributed by atoms with Gasteiger partial charge in [0.1, 0.15) is 16.5 Å². The van der Waals surface area contributed by atoms with Crippen LogP contribution in [0.1, 0.15) is 23.7 Å². The van der Waals surface area contributed by atoms with Crippen LogP contribution in [0.5, 0.6) is 11.5 Å². The van der Waals surface area contributed by atoms with Gasteiger partial charge in [0.15, 0.2) is 0 Å². The maximum absolute atomic E-state index is 12.9. The summed E-state index contributed by atoms with van der Waals surface area (Å²) in [5.74, 6) is 1.04. The Morgan fingerprint density at radius 1 is 1.07 bits per heavy atom. The molecule has 0 unspecified atom stereocenters. The Labute approximate surface area is 179 Å². The molecule has 4 rings (SSSR count). The van der Waals surface area contributed by atoms with Crippen molar-refractivity contribution in [2.24, 2.45) is 0 Å². The number of anilines is 1. The zero-order chi connectivity index (χ0) is 20.9. The SMILES string of the molecule is CCCOc1cccc(C(=O)Nc2cc(-c3nc4ccccc4s3)ccc2OC)c1. The van der Waals surface area contributed by atoms with E-state index in [9.17, 15) is 4.79 Å². The number of hydrogen-bond acceptors (Lipinski definition) is 5. The van der Waals surface area contributed by atoms with Gasteiger partial charge >= 0.3 is 0 Å². The number of fused-ring (bicyclic) bond motifs is 1. The fourth-order valence-electron chi connectivity index (χ4n) is 3.08. The van der Waals surface area contributed by atoms with Crippen LogP contribution in [0.25, 0.3) is 20.8 Å². The Morgan fingerprint density at radius 3 is 2.73 bits per heavy atom. The number of benzene rings is 3. The average molecular weight is 419 g/mol. The van der Waals surface area contributed by atoms with E-state index in [1.807, 2.05) is 55.5 Å². The molecule has 0 bridgehead atoms. The summed E-state index contributed by atoms with van der Waals surface area (Å²) in [5.41, 5.74) is 3.00. The molecule has 0 radical (unpaired) electrons. The summed E-state index contributed by atoms with van der Waals surface area (Å²) in [6.45, 7) is 2.66. The van der Waals surface area contributed by atoms with Gasteiger partial charge in [0.25, 0.3) is 5.91 Å². The predicted octanol–water partition coefficient (Wildman–Crippen LogP) is 6.01. The minimum absolute atomic E-state index is 0.225. The number of nitrogens with zero attached hydrogens (tertiary/aromatic N) is 1. The zero-order valence-electron chi connectivity index (χ0n) is 16.8. The molecule has 0 saturated carbocycles. The Balaban J connectivity index is 1.61. The molecule has 3 aromatic carbocycles. The van der Waals surface area contributed by atoms with Crippen LogP contribution in [0.4, 0.5) is 5.69 Å². The topological polar surface area (TPSA) is 60.5 Å². The van der Waals surface area contributed by atoms with E-state index < -0.39 is 0 Å². The van der Waals surface area contributed by atoms with Crippen LogP contribution in [0, 0.1) is 0 Å². The van der Waals surface area contributed by atoms with Crippen molar-refractivity contribution >= 4 is 33.1 Å². The van der Waals surface area contributed by atoms with Crippen LogP contribution >= 0.6 is 11.3 Å². The standard InChI is InChI=1S/C24H22N2O3S/c1-3-13-29-18-8-6-7-16(14-18)23(27)25-20-15-17(11-12-21(20)28-2)24-26-19-9-4-5-10-22(19)30-24/h4-12,14-15H,3,13H2,1-2H3,(H,25,27). The second-order valence-electron chi connectivity index (χ2n) is 6.73. The lowest BCUT2D eigenvalue weighted by Crippen LogP contribution is -2.13. The zero-order valence-corrected chi connectivity index (χ0v) is 17.7. The largest absolute Gasteiger partial charge is 0.495 e. The second kappa shape index (κ2) is 8.97. The van der Waals surface area contributed by atoms with Crippen LogP contribution < -0.4 is 14.8 Å². The molecule has 4 aromatic rings. The molecule has 0 aliphatic carbocycles. The summed E-state index contributed by atoms with van der Waals surface area (Å²) >= 11 is 1.62. The highest BCUT2D eigenvalue weighted by Gasteiger charge is 2.14. The first-order chi connectivity index (χ1) is 14.7. The van der Waals surface area contributed by atoms with Crippen LogP contribution in [-0.4, -0.2) is 24.6 Å². The number of para-hydroxylation sites is 1. The van der Waals surface area contributed by atoms with E-state index in [-0.39, 0.29) is 5.91 Å². The molecule has 0 spiro atoms. The van der Waals surface area contributed by atoms with E-state index in [4.69, 9.17) is 14.5 Å². The van der Waals surface area contributed by atoms with E-state index >= 15 is 0 Å². The average Bonchev–Trinajstić information content (AvgIpc) is 3.22. The predicted molar refractivity (Wildman–Crippen MR) is 122 cm³/mol. The number of ether oxygens (including phenoxy) is 2. The fourth-order valence-corrected chi connectivity index (χ4v) is 4.04. The minimum atomic E-state index is -0.225. The third-order valence-electron chi connectivity index (χ3n) is 4.56. The van der Waals surface area contributed by atoms with Gasteiger partial charge in [0.2, 0.25) is 0 Å². The highest BCUT2D eigenvalue weighted by Crippen LogP contribution is 2.35.